The van der Waals surface area contributed by atoms with Crippen LogP contribution in [0.4, 0.5) is 0 Å². The van der Waals surface area contributed by atoms with Gasteiger partial charge in [0.05, 0.1) is 24.7 Å². The Morgan fingerprint density at radius 2 is 2.29 bits per heavy atom. The van der Waals surface area contributed by atoms with Crippen molar-refractivity contribution in [2.45, 2.75) is 32.4 Å². The second-order valence-corrected chi connectivity index (χ2v) is 5.81. The number of aliphatic imine (C=N–C) groups is 1. The molecular weight excluding hydrogens is 302 g/mol. The monoisotopic (exact) mass is 327 g/mol. The van der Waals surface area contributed by atoms with Gasteiger partial charge in [0.25, 0.3) is 0 Å². The van der Waals surface area contributed by atoms with Crippen molar-refractivity contribution < 1.29 is 4.74 Å². The zero-order valence-corrected chi connectivity index (χ0v) is 14.1. The molecule has 1 fully saturated rings. The topological polar surface area (TPSA) is 63.5 Å². The van der Waals surface area contributed by atoms with E-state index < -0.39 is 0 Å². The summed E-state index contributed by atoms with van der Waals surface area (Å²) >= 11 is 0. The number of imidazole rings is 1. The molecule has 1 aromatic carbocycles. The van der Waals surface area contributed by atoms with E-state index in [0.29, 0.717) is 12.6 Å². The molecule has 128 valence electrons. The van der Waals surface area contributed by atoms with Gasteiger partial charge in [-0.2, -0.15) is 0 Å². The number of aromatic nitrogens is 2. The molecule has 6 nitrogen and oxygen atoms in total. The maximum Gasteiger partial charge on any atom is 0.191 e. The minimum atomic E-state index is 0.298. The van der Waals surface area contributed by atoms with Gasteiger partial charge in [0, 0.05) is 32.1 Å². The summed E-state index contributed by atoms with van der Waals surface area (Å²) in [7, 11) is 0. The lowest BCUT2D eigenvalue weighted by atomic mass is 10.2. The van der Waals surface area contributed by atoms with Gasteiger partial charge in [-0.1, -0.05) is 18.2 Å². The van der Waals surface area contributed by atoms with E-state index >= 15 is 0 Å². The molecular formula is C18H25N5O. The number of nitrogens with one attached hydrogen (secondary N) is 2. The van der Waals surface area contributed by atoms with Gasteiger partial charge >= 0.3 is 0 Å². The Bertz CT molecular complexity index is 647. The van der Waals surface area contributed by atoms with E-state index in [4.69, 9.17) is 9.73 Å². The molecule has 24 heavy (non-hydrogen) atoms. The SMILES string of the molecule is CCNC(=NCc1ccccc1-n1ccnc1)NCC1CCCO1. The van der Waals surface area contributed by atoms with Crippen LogP contribution in [-0.4, -0.2) is 41.3 Å². The van der Waals surface area contributed by atoms with Crippen LogP contribution in [0.25, 0.3) is 5.69 Å². The van der Waals surface area contributed by atoms with Gasteiger partial charge in [0.1, 0.15) is 0 Å². The largest absolute Gasteiger partial charge is 0.376 e. The van der Waals surface area contributed by atoms with Crippen molar-refractivity contribution in [1.82, 2.24) is 20.2 Å². The summed E-state index contributed by atoms with van der Waals surface area (Å²) in [5.41, 5.74) is 2.26. The maximum atomic E-state index is 5.66. The molecule has 1 atom stereocenters. The van der Waals surface area contributed by atoms with E-state index in [1.165, 1.54) is 0 Å². The van der Waals surface area contributed by atoms with Gasteiger partial charge in [0.2, 0.25) is 0 Å². The third-order valence-electron chi connectivity index (χ3n) is 4.05. The zero-order valence-electron chi connectivity index (χ0n) is 14.1. The molecule has 2 heterocycles. The van der Waals surface area contributed by atoms with Crippen LogP contribution >= 0.6 is 0 Å². The molecule has 1 saturated heterocycles. The predicted octanol–water partition coefficient (Wildman–Crippen LogP) is 2.11. The number of guanidine groups is 1. The zero-order chi connectivity index (χ0) is 16.6. The fraction of sp³-hybridized carbons (Fsp3) is 0.444. The van der Waals surface area contributed by atoms with Crippen LogP contribution in [0.5, 0.6) is 0 Å². The van der Waals surface area contributed by atoms with Crippen molar-refractivity contribution in [3.8, 4) is 5.69 Å². The van der Waals surface area contributed by atoms with Crippen LogP contribution in [0.3, 0.4) is 0 Å². The first-order valence-corrected chi connectivity index (χ1v) is 8.57. The number of ether oxygens (including phenoxy) is 1. The molecule has 0 amide bonds. The predicted molar refractivity (Wildman–Crippen MR) is 95.4 cm³/mol. The lowest BCUT2D eigenvalue weighted by Gasteiger charge is -2.15. The van der Waals surface area contributed by atoms with Crippen molar-refractivity contribution in [3.63, 3.8) is 0 Å². The first kappa shape index (κ1) is 16.5. The first-order chi connectivity index (χ1) is 11.9. The Morgan fingerprint density at radius 3 is 3.04 bits per heavy atom. The Balaban J connectivity index is 1.67. The van der Waals surface area contributed by atoms with Gasteiger partial charge in [0.15, 0.2) is 5.96 Å². The van der Waals surface area contributed by atoms with Gasteiger partial charge < -0.3 is 19.9 Å². The molecule has 6 heteroatoms. The van der Waals surface area contributed by atoms with Crippen molar-refractivity contribution >= 4 is 5.96 Å². The van der Waals surface area contributed by atoms with Crippen molar-refractivity contribution in [1.29, 1.82) is 0 Å². The minimum absolute atomic E-state index is 0.298. The van der Waals surface area contributed by atoms with Crippen LogP contribution < -0.4 is 10.6 Å². The highest BCUT2D eigenvalue weighted by Gasteiger charge is 2.15. The molecule has 0 aliphatic carbocycles. The molecule has 0 radical (unpaired) electrons. The van der Waals surface area contributed by atoms with Gasteiger partial charge in [-0.15, -0.1) is 0 Å². The van der Waals surface area contributed by atoms with Crippen LogP contribution in [0.1, 0.15) is 25.3 Å². The Morgan fingerprint density at radius 1 is 1.38 bits per heavy atom. The summed E-state index contributed by atoms with van der Waals surface area (Å²) < 4.78 is 7.67. The third-order valence-corrected chi connectivity index (χ3v) is 4.05. The van der Waals surface area contributed by atoms with Gasteiger partial charge in [-0.3, -0.25) is 0 Å². The van der Waals surface area contributed by atoms with Gasteiger partial charge in [-0.25, -0.2) is 9.98 Å². The fourth-order valence-corrected chi connectivity index (χ4v) is 2.82. The summed E-state index contributed by atoms with van der Waals surface area (Å²) in [6, 6.07) is 8.25. The smallest absolute Gasteiger partial charge is 0.191 e. The second kappa shape index (κ2) is 8.49. The highest BCUT2D eigenvalue weighted by Crippen LogP contribution is 2.15. The van der Waals surface area contributed by atoms with E-state index in [1.54, 1.807) is 6.20 Å². The first-order valence-electron chi connectivity index (χ1n) is 8.57. The molecule has 1 aliphatic heterocycles. The van der Waals surface area contributed by atoms with E-state index in [2.05, 4.69) is 34.7 Å². The fourth-order valence-electron chi connectivity index (χ4n) is 2.82. The minimum Gasteiger partial charge on any atom is -0.376 e. The maximum absolute atomic E-state index is 5.66. The quantitative estimate of drug-likeness (QED) is 0.630. The lowest BCUT2D eigenvalue weighted by molar-refractivity contribution is 0.114. The third kappa shape index (κ3) is 4.35. The molecule has 3 rings (SSSR count). The molecule has 1 aromatic heterocycles. The van der Waals surface area contributed by atoms with E-state index in [0.717, 1.165) is 49.7 Å². The standard InChI is InChI=1S/C18H25N5O/c1-2-20-18(22-13-16-7-5-11-24-16)21-12-15-6-3-4-8-17(15)23-10-9-19-14-23/h3-4,6,8-10,14,16H,2,5,7,11-13H2,1H3,(H2,20,21,22). The molecule has 0 bridgehead atoms. The second-order valence-electron chi connectivity index (χ2n) is 5.81. The summed E-state index contributed by atoms with van der Waals surface area (Å²) in [5, 5.41) is 6.68. The van der Waals surface area contributed by atoms with E-state index in [9.17, 15) is 0 Å². The van der Waals surface area contributed by atoms with E-state index in [1.807, 2.05) is 29.2 Å². The summed E-state index contributed by atoms with van der Waals surface area (Å²) in [4.78, 5) is 8.85. The van der Waals surface area contributed by atoms with Crippen LogP contribution in [0.2, 0.25) is 0 Å². The number of nitrogens with zero attached hydrogens (tertiary/aromatic N) is 3. The molecule has 2 aromatic rings. The summed E-state index contributed by atoms with van der Waals surface area (Å²) in [5.74, 6) is 0.827. The van der Waals surface area contributed by atoms with Crippen molar-refractivity contribution in [2.75, 3.05) is 19.7 Å². The number of rotatable bonds is 6. The Kier molecular flexibility index (Phi) is 5.85. The Labute approximate surface area is 143 Å². The summed E-state index contributed by atoms with van der Waals surface area (Å²) in [6.07, 6.45) is 8.11. The molecule has 0 saturated carbocycles. The van der Waals surface area contributed by atoms with Crippen LogP contribution in [0.15, 0.2) is 48.0 Å². The number of benzene rings is 1. The van der Waals surface area contributed by atoms with Crippen LogP contribution in [-0.2, 0) is 11.3 Å². The Hall–Kier alpha value is -2.34. The number of hydrogen-bond acceptors (Lipinski definition) is 3. The van der Waals surface area contributed by atoms with Crippen LogP contribution in [0, 0.1) is 0 Å². The highest BCUT2D eigenvalue weighted by atomic mass is 16.5. The number of hydrogen-bond donors (Lipinski definition) is 2. The molecule has 1 unspecified atom stereocenters. The van der Waals surface area contributed by atoms with Gasteiger partial charge in [-0.05, 0) is 31.4 Å². The van der Waals surface area contributed by atoms with Crippen molar-refractivity contribution in [3.05, 3.63) is 48.5 Å². The number of para-hydroxylation sites is 1. The van der Waals surface area contributed by atoms with E-state index in [-0.39, 0.29) is 0 Å². The molecule has 2 N–H and O–H groups in total. The lowest BCUT2D eigenvalue weighted by Crippen LogP contribution is -2.41. The van der Waals surface area contributed by atoms with Crippen molar-refractivity contribution in [2.24, 2.45) is 4.99 Å². The molecule has 0 spiro atoms. The normalized spacial score (nSPS) is 17.9. The molecule has 1 aliphatic rings. The average molecular weight is 327 g/mol. The highest BCUT2D eigenvalue weighted by molar-refractivity contribution is 5.79. The summed E-state index contributed by atoms with van der Waals surface area (Å²) in [6.45, 7) is 5.19. The average Bonchev–Trinajstić information content (AvgIpc) is 3.31.